The van der Waals surface area contributed by atoms with Gasteiger partial charge in [-0.2, -0.15) is 11.8 Å². The number of carbonyl (C=O) groups is 1. The molecule has 0 aromatic carbocycles. The maximum absolute atomic E-state index is 11.9. The molecule has 1 amide bonds. The van der Waals surface area contributed by atoms with Gasteiger partial charge in [-0.05, 0) is 19.1 Å². The Morgan fingerprint density at radius 1 is 1.44 bits per heavy atom. The molecule has 2 heterocycles. The van der Waals surface area contributed by atoms with Crippen LogP contribution in [0.15, 0.2) is 0 Å². The Bertz CT molecular complexity index is 248. The molecule has 0 bridgehead atoms. The van der Waals surface area contributed by atoms with Gasteiger partial charge < -0.3 is 15.0 Å². The SMILES string of the molecule is CC1(OCC(=O)N2CCCSCC2)CNC1. The third-order valence-corrected chi connectivity index (χ3v) is 4.17. The van der Waals surface area contributed by atoms with Crippen LogP contribution in [0.2, 0.25) is 0 Å². The summed E-state index contributed by atoms with van der Waals surface area (Å²) >= 11 is 1.93. The van der Waals surface area contributed by atoms with Crippen molar-refractivity contribution in [1.29, 1.82) is 0 Å². The summed E-state index contributed by atoms with van der Waals surface area (Å²) in [7, 11) is 0. The normalized spacial score (nSPS) is 24.7. The number of ether oxygens (including phenoxy) is 1. The van der Waals surface area contributed by atoms with Crippen molar-refractivity contribution in [2.45, 2.75) is 18.9 Å². The highest BCUT2D eigenvalue weighted by Gasteiger charge is 2.33. The molecule has 2 aliphatic rings. The summed E-state index contributed by atoms with van der Waals surface area (Å²) in [6.07, 6.45) is 1.11. The molecule has 0 aromatic heterocycles. The maximum atomic E-state index is 11.9. The Morgan fingerprint density at radius 2 is 2.25 bits per heavy atom. The molecule has 2 saturated heterocycles. The number of nitrogens with zero attached hydrogens (tertiary/aromatic N) is 1. The van der Waals surface area contributed by atoms with E-state index in [0.29, 0.717) is 0 Å². The lowest BCUT2D eigenvalue weighted by atomic mass is 10.0. The van der Waals surface area contributed by atoms with E-state index in [4.69, 9.17) is 4.74 Å². The fourth-order valence-electron chi connectivity index (χ4n) is 1.90. The van der Waals surface area contributed by atoms with Crippen LogP contribution in [-0.4, -0.2) is 60.7 Å². The van der Waals surface area contributed by atoms with E-state index in [1.807, 2.05) is 16.7 Å². The zero-order valence-corrected chi connectivity index (χ0v) is 10.6. The number of hydrogen-bond donors (Lipinski definition) is 1. The molecule has 1 N–H and O–H groups in total. The van der Waals surface area contributed by atoms with Crippen LogP contribution in [0.4, 0.5) is 0 Å². The van der Waals surface area contributed by atoms with E-state index in [9.17, 15) is 4.79 Å². The van der Waals surface area contributed by atoms with E-state index in [2.05, 4.69) is 12.2 Å². The van der Waals surface area contributed by atoms with Crippen molar-refractivity contribution in [3.05, 3.63) is 0 Å². The molecule has 0 aliphatic carbocycles. The Hall–Kier alpha value is -0.260. The quantitative estimate of drug-likeness (QED) is 0.777. The lowest BCUT2D eigenvalue weighted by molar-refractivity contribution is -0.145. The van der Waals surface area contributed by atoms with Gasteiger partial charge in [-0.1, -0.05) is 0 Å². The topological polar surface area (TPSA) is 41.6 Å². The lowest BCUT2D eigenvalue weighted by Crippen LogP contribution is -2.59. The maximum Gasteiger partial charge on any atom is 0.248 e. The van der Waals surface area contributed by atoms with E-state index in [-0.39, 0.29) is 18.1 Å². The molecule has 0 radical (unpaired) electrons. The molecule has 2 fully saturated rings. The van der Waals surface area contributed by atoms with Crippen molar-refractivity contribution < 1.29 is 9.53 Å². The summed E-state index contributed by atoms with van der Waals surface area (Å²) in [5.74, 6) is 2.38. The van der Waals surface area contributed by atoms with Crippen LogP contribution in [-0.2, 0) is 9.53 Å². The summed E-state index contributed by atoms with van der Waals surface area (Å²) in [4.78, 5) is 13.8. The number of amides is 1. The minimum atomic E-state index is -0.115. The Balaban J connectivity index is 1.73. The van der Waals surface area contributed by atoms with Crippen molar-refractivity contribution in [3.8, 4) is 0 Å². The first-order chi connectivity index (χ1) is 7.70. The largest absolute Gasteiger partial charge is 0.363 e. The Kier molecular flexibility index (Phi) is 4.10. The fraction of sp³-hybridized carbons (Fsp3) is 0.909. The highest BCUT2D eigenvalue weighted by molar-refractivity contribution is 7.99. The Labute approximate surface area is 101 Å². The van der Waals surface area contributed by atoms with Crippen LogP contribution in [0.3, 0.4) is 0 Å². The van der Waals surface area contributed by atoms with E-state index < -0.39 is 0 Å². The van der Waals surface area contributed by atoms with Crippen LogP contribution in [0.5, 0.6) is 0 Å². The van der Waals surface area contributed by atoms with Gasteiger partial charge in [0.05, 0.1) is 5.60 Å². The van der Waals surface area contributed by atoms with Crippen LogP contribution in [0.25, 0.3) is 0 Å². The van der Waals surface area contributed by atoms with Crippen molar-refractivity contribution in [1.82, 2.24) is 10.2 Å². The van der Waals surface area contributed by atoms with E-state index in [0.717, 1.165) is 38.4 Å². The molecule has 2 aliphatic heterocycles. The highest BCUT2D eigenvalue weighted by atomic mass is 32.2. The fourth-order valence-corrected chi connectivity index (χ4v) is 2.79. The summed E-state index contributed by atoms with van der Waals surface area (Å²) in [5.41, 5.74) is -0.115. The zero-order valence-electron chi connectivity index (χ0n) is 9.83. The van der Waals surface area contributed by atoms with Crippen molar-refractivity contribution in [2.24, 2.45) is 0 Å². The monoisotopic (exact) mass is 244 g/mol. The first-order valence-corrected chi connectivity index (χ1v) is 7.05. The Morgan fingerprint density at radius 3 is 2.94 bits per heavy atom. The minimum Gasteiger partial charge on any atom is -0.363 e. The molecule has 16 heavy (non-hydrogen) atoms. The standard InChI is InChI=1S/C11H20N2O2S/c1-11(8-12-9-11)15-7-10(14)13-3-2-5-16-6-4-13/h12H,2-9H2,1H3. The van der Waals surface area contributed by atoms with Crippen molar-refractivity contribution in [2.75, 3.05) is 44.3 Å². The first-order valence-electron chi connectivity index (χ1n) is 5.90. The third-order valence-electron chi connectivity index (χ3n) is 3.12. The van der Waals surface area contributed by atoms with Crippen LogP contribution in [0.1, 0.15) is 13.3 Å². The average Bonchev–Trinajstić information content (AvgIpc) is 2.51. The number of carbonyl (C=O) groups excluding carboxylic acids is 1. The average molecular weight is 244 g/mol. The minimum absolute atomic E-state index is 0.115. The predicted molar refractivity (Wildman–Crippen MR) is 65.7 cm³/mol. The highest BCUT2D eigenvalue weighted by Crippen LogP contribution is 2.16. The summed E-state index contributed by atoms with van der Waals surface area (Å²) in [6.45, 7) is 5.77. The molecule has 0 saturated carbocycles. The van der Waals surface area contributed by atoms with Crippen LogP contribution < -0.4 is 5.32 Å². The predicted octanol–water partition coefficient (Wildman–Crippen LogP) is 0.330. The molecule has 92 valence electrons. The van der Waals surface area contributed by atoms with Gasteiger partial charge in [-0.15, -0.1) is 0 Å². The van der Waals surface area contributed by atoms with E-state index >= 15 is 0 Å². The number of hydrogen-bond acceptors (Lipinski definition) is 4. The second-order valence-electron chi connectivity index (χ2n) is 4.69. The molecular formula is C11H20N2O2S. The number of rotatable bonds is 3. The van der Waals surface area contributed by atoms with E-state index in [1.54, 1.807) is 0 Å². The lowest BCUT2D eigenvalue weighted by Gasteiger charge is -2.39. The van der Waals surface area contributed by atoms with Gasteiger partial charge in [0.25, 0.3) is 0 Å². The molecule has 2 rings (SSSR count). The molecule has 0 unspecified atom stereocenters. The summed E-state index contributed by atoms with van der Waals surface area (Å²) in [6, 6.07) is 0. The zero-order chi connectivity index (χ0) is 11.4. The summed E-state index contributed by atoms with van der Waals surface area (Å²) < 4.78 is 5.66. The third kappa shape index (κ3) is 3.12. The second-order valence-corrected chi connectivity index (χ2v) is 5.91. The number of thioether (sulfide) groups is 1. The van der Waals surface area contributed by atoms with Crippen LogP contribution in [0, 0.1) is 0 Å². The molecule has 0 spiro atoms. The van der Waals surface area contributed by atoms with Crippen LogP contribution >= 0.6 is 11.8 Å². The molecule has 5 heteroatoms. The second kappa shape index (κ2) is 5.38. The van der Waals surface area contributed by atoms with Gasteiger partial charge in [0.2, 0.25) is 5.91 Å². The van der Waals surface area contributed by atoms with Crippen molar-refractivity contribution >= 4 is 17.7 Å². The molecular weight excluding hydrogens is 224 g/mol. The molecule has 0 atom stereocenters. The van der Waals surface area contributed by atoms with Gasteiger partial charge in [0.1, 0.15) is 6.61 Å². The van der Waals surface area contributed by atoms with Gasteiger partial charge in [-0.25, -0.2) is 0 Å². The van der Waals surface area contributed by atoms with Gasteiger partial charge in [-0.3, -0.25) is 4.79 Å². The first kappa shape index (κ1) is 12.2. The van der Waals surface area contributed by atoms with Crippen molar-refractivity contribution in [3.63, 3.8) is 0 Å². The smallest absolute Gasteiger partial charge is 0.248 e. The number of nitrogens with one attached hydrogen (secondary N) is 1. The van der Waals surface area contributed by atoms with Gasteiger partial charge in [0, 0.05) is 31.9 Å². The van der Waals surface area contributed by atoms with Gasteiger partial charge >= 0.3 is 0 Å². The molecule has 4 nitrogen and oxygen atoms in total. The van der Waals surface area contributed by atoms with E-state index in [1.165, 1.54) is 5.75 Å². The summed E-state index contributed by atoms with van der Waals surface area (Å²) in [5, 5.41) is 3.16. The van der Waals surface area contributed by atoms with Gasteiger partial charge in [0.15, 0.2) is 0 Å². The molecule has 0 aromatic rings.